The van der Waals surface area contributed by atoms with E-state index in [1.165, 1.54) is 102 Å². The van der Waals surface area contributed by atoms with Crippen LogP contribution >= 0.6 is 11.3 Å². The summed E-state index contributed by atoms with van der Waals surface area (Å²) in [4.78, 5) is 0. The summed E-state index contributed by atoms with van der Waals surface area (Å²) >= 11 is 1.89. The van der Waals surface area contributed by atoms with E-state index >= 15 is 0 Å². The summed E-state index contributed by atoms with van der Waals surface area (Å²) in [6, 6.07) is 60.7. The first-order valence-corrected chi connectivity index (χ1v) is 17.3. The van der Waals surface area contributed by atoms with Crippen molar-refractivity contribution in [2.75, 3.05) is 0 Å². The molecular formula is C46H27NS. The molecule has 1 nitrogen and oxygen atoms in total. The maximum absolute atomic E-state index is 2.44. The number of fused-ring (bicyclic) bond motifs is 6. The molecule has 0 radical (unpaired) electrons. The molecule has 0 fully saturated rings. The minimum absolute atomic E-state index is 1.18. The van der Waals surface area contributed by atoms with Crippen molar-refractivity contribution in [3.8, 4) is 27.9 Å². The van der Waals surface area contributed by atoms with Gasteiger partial charge >= 0.3 is 0 Å². The Hall–Kier alpha value is -5.96. The van der Waals surface area contributed by atoms with Crippen LogP contribution in [0.1, 0.15) is 0 Å². The second-order valence-corrected chi connectivity index (χ2v) is 14.0. The normalized spacial score (nSPS) is 12.2. The van der Waals surface area contributed by atoms with Gasteiger partial charge in [-0.1, -0.05) is 121 Å². The Labute approximate surface area is 280 Å². The van der Waals surface area contributed by atoms with Gasteiger partial charge in [-0.2, -0.15) is 0 Å². The summed E-state index contributed by atoms with van der Waals surface area (Å²) in [5, 5.41) is 13.1. The first-order chi connectivity index (χ1) is 23.8. The Morgan fingerprint density at radius 3 is 1.73 bits per heavy atom. The monoisotopic (exact) mass is 625 g/mol. The molecule has 9 aromatic carbocycles. The molecule has 0 bridgehead atoms. The molecule has 0 spiro atoms. The van der Waals surface area contributed by atoms with Crippen LogP contribution in [-0.2, 0) is 0 Å². The fourth-order valence-electron chi connectivity index (χ4n) is 8.18. The van der Waals surface area contributed by atoms with Crippen molar-refractivity contribution in [1.82, 2.24) is 4.57 Å². The van der Waals surface area contributed by atoms with Gasteiger partial charge in [0.2, 0.25) is 0 Å². The molecule has 11 aromatic rings. The number of rotatable bonds is 3. The average Bonchev–Trinajstić information content (AvgIpc) is 3.67. The fourth-order valence-corrected chi connectivity index (χ4v) is 9.31. The maximum atomic E-state index is 2.44. The van der Waals surface area contributed by atoms with Gasteiger partial charge < -0.3 is 4.57 Å². The predicted molar refractivity (Wildman–Crippen MR) is 208 cm³/mol. The van der Waals surface area contributed by atoms with Gasteiger partial charge in [0.25, 0.3) is 0 Å². The highest BCUT2D eigenvalue weighted by molar-refractivity contribution is 7.25. The van der Waals surface area contributed by atoms with Gasteiger partial charge in [-0.25, -0.2) is 0 Å². The van der Waals surface area contributed by atoms with Crippen LogP contribution in [0.15, 0.2) is 164 Å². The van der Waals surface area contributed by atoms with Crippen LogP contribution in [0.25, 0.3) is 102 Å². The van der Waals surface area contributed by atoms with Gasteiger partial charge in [-0.3, -0.25) is 0 Å². The highest BCUT2D eigenvalue weighted by Crippen LogP contribution is 2.45. The van der Waals surface area contributed by atoms with Crippen molar-refractivity contribution in [1.29, 1.82) is 0 Å². The third kappa shape index (κ3) is 3.61. The van der Waals surface area contributed by atoms with Crippen molar-refractivity contribution in [3.05, 3.63) is 164 Å². The molecule has 2 aromatic heterocycles. The van der Waals surface area contributed by atoms with Crippen molar-refractivity contribution >= 4 is 85.6 Å². The number of hydrogen-bond donors (Lipinski definition) is 0. The van der Waals surface area contributed by atoms with Gasteiger partial charge in [0.1, 0.15) is 0 Å². The highest BCUT2D eigenvalue weighted by atomic mass is 32.1. The van der Waals surface area contributed by atoms with Gasteiger partial charge in [0, 0.05) is 36.6 Å². The Morgan fingerprint density at radius 1 is 0.354 bits per heavy atom. The first kappa shape index (κ1) is 26.1. The Morgan fingerprint density at radius 2 is 0.979 bits per heavy atom. The molecule has 222 valence electrons. The average molecular weight is 626 g/mol. The van der Waals surface area contributed by atoms with Crippen molar-refractivity contribution in [2.24, 2.45) is 0 Å². The SMILES string of the molecule is c1ccc(-c2ccc3ccc4c(-c5ccc6c(c5)c5cc7sc8ccccc8c7cc5n6-c5ccccc5)ccc5ccc2c3c54)cc1. The van der Waals surface area contributed by atoms with E-state index in [0.29, 0.717) is 0 Å². The fraction of sp³-hybridized carbons (Fsp3) is 0. The van der Waals surface area contributed by atoms with Crippen LogP contribution in [0.3, 0.4) is 0 Å². The van der Waals surface area contributed by atoms with Crippen LogP contribution in [-0.4, -0.2) is 4.57 Å². The van der Waals surface area contributed by atoms with E-state index in [-0.39, 0.29) is 0 Å². The molecule has 0 N–H and O–H groups in total. The predicted octanol–water partition coefficient (Wildman–Crippen LogP) is 13.4. The standard InChI is InChI=1S/C46H27NS/c1-3-9-28(10-4-1)33-20-15-29-18-23-37-34(21-16-30-17-22-36(33)45(29)46(30)37)31-19-24-41-38(25-31)39-27-44-40(35-13-7-8-14-43(35)48-44)26-42(39)47(41)32-11-5-2-6-12-32/h1-27H. The lowest BCUT2D eigenvalue weighted by Crippen LogP contribution is -1.93. The number of hydrogen-bond acceptors (Lipinski definition) is 1. The Bertz CT molecular complexity index is 3040. The molecule has 48 heavy (non-hydrogen) atoms. The van der Waals surface area contributed by atoms with Crippen LogP contribution in [0.4, 0.5) is 0 Å². The summed E-state index contributed by atoms with van der Waals surface area (Å²) in [5.41, 5.74) is 8.70. The lowest BCUT2D eigenvalue weighted by atomic mass is 9.87. The van der Waals surface area contributed by atoms with Gasteiger partial charge in [-0.15, -0.1) is 11.3 Å². The van der Waals surface area contributed by atoms with E-state index in [2.05, 4.69) is 168 Å². The summed E-state index contributed by atoms with van der Waals surface area (Å²) in [6.07, 6.45) is 0. The molecule has 0 saturated carbocycles. The summed E-state index contributed by atoms with van der Waals surface area (Å²) < 4.78 is 5.11. The maximum Gasteiger partial charge on any atom is 0.0548 e. The van der Waals surface area contributed by atoms with Crippen LogP contribution in [0.2, 0.25) is 0 Å². The molecule has 0 aliphatic heterocycles. The van der Waals surface area contributed by atoms with Crippen molar-refractivity contribution in [2.45, 2.75) is 0 Å². The van der Waals surface area contributed by atoms with E-state index in [0.717, 1.165) is 0 Å². The molecule has 2 heteroatoms. The van der Waals surface area contributed by atoms with Gasteiger partial charge in [0.05, 0.1) is 11.0 Å². The third-order valence-electron chi connectivity index (χ3n) is 10.3. The third-order valence-corrected chi connectivity index (χ3v) is 11.5. The topological polar surface area (TPSA) is 4.93 Å². The van der Waals surface area contributed by atoms with Gasteiger partial charge in [0.15, 0.2) is 0 Å². The van der Waals surface area contributed by atoms with Crippen LogP contribution in [0, 0.1) is 0 Å². The lowest BCUT2D eigenvalue weighted by molar-refractivity contribution is 1.18. The molecule has 2 heterocycles. The zero-order chi connectivity index (χ0) is 31.3. The van der Waals surface area contributed by atoms with E-state index < -0.39 is 0 Å². The quantitative estimate of drug-likeness (QED) is 0.172. The number of thiophene rings is 1. The number of para-hydroxylation sites is 1. The second kappa shape index (κ2) is 9.78. The minimum Gasteiger partial charge on any atom is -0.309 e. The van der Waals surface area contributed by atoms with Crippen molar-refractivity contribution < 1.29 is 0 Å². The highest BCUT2D eigenvalue weighted by Gasteiger charge is 2.19. The largest absolute Gasteiger partial charge is 0.309 e. The number of nitrogens with zero attached hydrogens (tertiary/aromatic N) is 1. The molecule has 0 aliphatic carbocycles. The molecule has 11 rings (SSSR count). The molecule has 0 saturated heterocycles. The molecular weight excluding hydrogens is 599 g/mol. The zero-order valence-electron chi connectivity index (χ0n) is 25.9. The van der Waals surface area contributed by atoms with E-state index in [1.807, 2.05) is 11.3 Å². The smallest absolute Gasteiger partial charge is 0.0548 e. The molecule has 0 atom stereocenters. The zero-order valence-corrected chi connectivity index (χ0v) is 26.8. The lowest BCUT2D eigenvalue weighted by Gasteiger charge is -2.16. The van der Waals surface area contributed by atoms with Gasteiger partial charge in [-0.05, 0) is 97.0 Å². The minimum atomic E-state index is 1.18. The van der Waals surface area contributed by atoms with Crippen LogP contribution in [0.5, 0.6) is 0 Å². The summed E-state index contributed by atoms with van der Waals surface area (Å²) in [7, 11) is 0. The van der Waals surface area contributed by atoms with Crippen molar-refractivity contribution in [3.63, 3.8) is 0 Å². The van der Waals surface area contributed by atoms with E-state index in [9.17, 15) is 0 Å². The Balaban J connectivity index is 1.20. The summed E-state index contributed by atoms with van der Waals surface area (Å²) in [6.45, 7) is 0. The summed E-state index contributed by atoms with van der Waals surface area (Å²) in [5.74, 6) is 0. The number of aromatic nitrogens is 1. The first-order valence-electron chi connectivity index (χ1n) is 16.5. The molecule has 0 unspecified atom stereocenters. The van der Waals surface area contributed by atoms with E-state index in [4.69, 9.17) is 0 Å². The second-order valence-electron chi connectivity index (χ2n) is 12.9. The van der Waals surface area contributed by atoms with E-state index in [1.54, 1.807) is 0 Å². The van der Waals surface area contributed by atoms with Crippen LogP contribution < -0.4 is 0 Å². The Kier molecular flexibility index (Phi) is 5.32. The molecule has 0 amide bonds. The molecule has 0 aliphatic rings. The number of benzene rings is 9.